The van der Waals surface area contributed by atoms with Gasteiger partial charge in [-0.1, -0.05) is 29.8 Å². The highest BCUT2D eigenvalue weighted by Gasteiger charge is 2.25. The molecule has 0 radical (unpaired) electrons. The van der Waals surface area contributed by atoms with Crippen LogP contribution in [0, 0.1) is 5.92 Å². The molecule has 7 nitrogen and oxygen atoms in total. The van der Waals surface area contributed by atoms with Gasteiger partial charge in [-0.05, 0) is 24.5 Å². The summed E-state index contributed by atoms with van der Waals surface area (Å²) in [5.41, 5.74) is 1.61. The number of nitrogens with zero attached hydrogens (tertiary/aromatic N) is 5. The van der Waals surface area contributed by atoms with Gasteiger partial charge >= 0.3 is 0 Å². The van der Waals surface area contributed by atoms with Crippen LogP contribution in [0.2, 0.25) is 5.02 Å². The maximum atomic E-state index is 12.6. The molecule has 0 spiro atoms. The van der Waals surface area contributed by atoms with Crippen LogP contribution in [0.5, 0.6) is 0 Å². The van der Waals surface area contributed by atoms with E-state index >= 15 is 0 Å². The van der Waals surface area contributed by atoms with E-state index in [1.165, 1.54) is 0 Å². The van der Waals surface area contributed by atoms with E-state index in [1.54, 1.807) is 18.6 Å². The highest BCUT2D eigenvalue weighted by molar-refractivity contribution is 6.31. The van der Waals surface area contributed by atoms with Crippen molar-refractivity contribution in [1.29, 1.82) is 0 Å². The van der Waals surface area contributed by atoms with Crippen LogP contribution >= 0.6 is 11.6 Å². The molecule has 1 amide bonds. The lowest BCUT2D eigenvalue weighted by atomic mass is 9.99. The molecule has 0 fully saturated rings. The molecule has 0 saturated heterocycles. The Morgan fingerprint density at radius 3 is 2.93 bits per heavy atom. The van der Waals surface area contributed by atoms with Crippen molar-refractivity contribution in [2.24, 2.45) is 5.92 Å². The molecule has 1 atom stereocenters. The van der Waals surface area contributed by atoms with E-state index in [2.05, 4.69) is 25.5 Å². The minimum absolute atomic E-state index is 0.0506. The van der Waals surface area contributed by atoms with Gasteiger partial charge in [0, 0.05) is 42.8 Å². The van der Waals surface area contributed by atoms with Crippen LogP contribution in [0.15, 0.2) is 42.9 Å². The maximum absolute atomic E-state index is 12.6. The largest absolute Gasteiger partial charge is 0.352 e. The second kappa shape index (κ2) is 7.84. The van der Waals surface area contributed by atoms with Crippen LogP contribution < -0.4 is 5.32 Å². The van der Waals surface area contributed by atoms with E-state index in [4.69, 9.17) is 11.6 Å². The lowest BCUT2D eigenvalue weighted by Gasteiger charge is -2.14. The Morgan fingerprint density at radius 1 is 1.22 bits per heavy atom. The predicted molar refractivity (Wildman–Crippen MR) is 101 cm³/mol. The SMILES string of the molecule is O=C(NCc1ccccc1Cl)C1CCc2nnc(-c3cnccn3)n2CC1. The van der Waals surface area contributed by atoms with Crippen molar-refractivity contribution in [3.05, 3.63) is 59.3 Å². The number of nitrogens with one attached hydrogen (secondary N) is 1. The average molecular weight is 383 g/mol. The Kier molecular flexibility index (Phi) is 5.11. The first-order chi connectivity index (χ1) is 13.2. The van der Waals surface area contributed by atoms with Crippen molar-refractivity contribution in [3.8, 4) is 11.5 Å². The number of aryl methyl sites for hydroxylation is 1. The molecular formula is C19H19ClN6O. The summed E-state index contributed by atoms with van der Waals surface area (Å²) in [4.78, 5) is 21.0. The molecule has 1 aliphatic rings. The number of aromatic nitrogens is 5. The number of fused-ring (bicyclic) bond motifs is 1. The number of carbonyl (C=O) groups excluding carboxylic acids is 1. The maximum Gasteiger partial charge on any atom is 0.223 e. The quantitative estimate of drug-likeness (QED) is 0.749. The number of amides is 1. The van der Waals surface area contributed by atoms with Gasteiger partial charge in [-0.3, -0.25) is 9.78 Å². The summed E-state index contributed by atoms with van der Waals surface area (Å²) in [6, 6.07) is 7.54. The Hall–Kier alpha value is -2.80. The molecule has 1 aliphatic heterocycles. The molecule has 0 saturated carbocycles. The molecule has 138 valence electrons. The van der Waals surface area contributed by atoms with Gasteiger partial charge in [-0.15, -0.1) is 10.2 Å². The zero-order valence-corrected chi connectivity index (χ0v) is 15.4. The molecule has 2 aromatic heterocycles. The van der Waals surface area contributed by atoms with Crippen molar-refractivity contribution in [2.75, 3.05) is 0 Å². The molecule has 1 N–H and O–H groups in total. The van der Waals surface area contributed by atoms with Gasteiger partial charge in [-0.25, -0.2) is 4.98 Å². The molecule has 4 rings (SSSR count). The Balaban J connectivity index is 1.42. The van der Waals surface area contributed by atoms with E-state index in [0.717, 1.165) is 24.2 Å². The van der Waals surface area contributed by atoms with E-state index < -0.39 is 0 Å². The van der Waals surface area contributed by atoms with Crippen molar-refractivity contribution in [1.82, 2.24) is 30.0 Å². The molecule has 0 bridgehead atoms. The van der Waals surface area contributed by atoms with E-state index in [-0.39, 0.29) is 11.8 Å². The highest BCUT2D eigenvalue weighted by Crippen LogP contribution is 2.24. The van der Waals surface area contributed by atoms with Gasteiger partial charge in [0.15, 0.2) is 5.82 Å². The van der Waals surface area contributed by atoms with Gasteiger partial charge in [0.05, 0.1) is 6.20 Å². The Bertz CT molecular complexity index is 942. The monoisotopic (exact) mass is 382 g/mol. The normalized spacial score (nSPS) is 16.4. The smallest absolute Gasteiger partial charge is 0.223 e. The fourth-order valence-corrected chi connectivity index (χ4v) is 3.53. The third-order valence-corrected chi connectivity index (χ3v) is 5.19. The van der Waals surface area contributed by atoms with Crippen LogP contribution in [0.3, 0.4) is 0 Å². The summed E-state index contributed by atoms with van der Waals surface area (Å²) in [6.45, 7) is 1.12. The third kappa shape index (κ3) is 3.83. The summed E-state index contributed by atoms with van der Waals surface area (Å²) in [5.74, 6) is 1.57. The van der Waals surface area contributed by atoms with Crippen LogP contribution in [-0.2, 0) is 24.3 Å². The van der Waals surface area contributed by atoms with Gasteiger partial charge in [0.25, 0.3) is 0 Å². The van der Waals surface area contributed by atoms with Crippen molar-refractivity contribution < 1.29 is 4.79 Å². The van der Waals surface area contributed by atoms with Crippen LogP contribution in [0.1, 0.15) is 24.2 Å². The molecule has 1 unspecified atom stereocenters. The lowest BCUT2D eigenvalue weighted by Crippen LogP contribution is -2.30. The van der Waals surface area contributed by atoms with Gasteiger partial charge in [0.2, 0.25) is 5.91 Å². The highest BCUT2D eigenvalue weighted by atomic mass is 35.5. The minimum Gasteiger partial charge on any atom is -0.352 e. The first-order valence-corrected chi connectivity index (χ1v) is 9.30. The first kappa shape index (κ1) is 17.6. The predicted octanol–water partition coefficient (Wildman–Crippen LogP) is 2.66. The van der Waals surface area contributed by atoms with Crippen molar-refractivity contribution >= 4 is 17.5 Å². The summed E-state index contributed by atoms with van der Waals surface area (Å²) in [5, 5.41) is 12.2. The van der Waals surface area contributed by atoms with E-state index in [0.29, 0.717) is 36.1 Å². The molecule has 8 heteroatoms. The summed E-state index contributed by atoms with van der Waals surface area (Å²) < 4.78 is 2.05. The number of halogens is 1. The van der Waals surface area contributed by atoms with Gasteiger partial charge < -0.3 is 9.88 Å². The fraction of sp³-hybridized carbons (Fsp3) is 0.316. The van der Waals surface area contributed by atoms with Crippen LogP contribution in [0.25, 0.3) is 11.5 Å². The van der Waals surface area contributed by atoms with Crippen LogP contribution in [0.4, 0.5) is 0 Å². The number of rotatable bonds is 4. The number of hydrogen-bond donors (Lipinski definition) is 1. The minimum atomic E-state index is -0.0658. The molecule has 27 heavy (non-hydrogen) atoms. The summed E-state index contributed by atoms with van der Waals surface area (Å²) in [7, 11) is 0. The standard InChI is InChI=1S/C19H19ClN6O/c20-15-4-2-1-3-14(15)11-23-19(27)13-5-6-17-24-25-18(26(17)10-7-13)16-12-21-8-9-22-16/h1-4,8-9,12-13H,5-7,10-11H2,(H,23,27). The number of carbonyl (C=O) groups is 1. The fourth-order valence-electron chi connectivity index (χ4n) is 3.32. The second-order valence-electron chi connectivity index (χ2n) is 6.52. The molecule has 3 heterocycles. The lowest BCUT2D eigenvalue weighted by molar-refractivity contribution is -0.125. The Labute approximate surface area is 161 Å². The molecular weight excluding hydrogens is 364 g/mol. The van der Waals surface area contributed by atoms with Crippen LogP contribution in [-0.4, -0.2) is 30.6 Å². The summed E-state index contributed by atoms with van der Waals surface area (Å²) in [6.07, 6.45) is 7.12. The number of benzene rings is 1. The van der Waals surface area contributed by atoms with E-state index in [9.17, 15) is 4.79 Å². The molecule has 1 aromatic carbocycles. The zero-order valence-electron chi connectivity index (χ0n) is 14.7. The average Bonchev–Trinajstić information content (AvgIpc) is 2.99. The summed E-state index contributed by atoms with van der Waals surface area (Å²) >= 11 is 6.16. The zero-order chi connectivity index (χ0) is 18.6. The Morgan fingerprint density at radius 2 is 2.11 bits per heavy atom. The first-order valence-electron chi connectivity index (χ1n) is 8.92. The third-order valence-electron chi connectivity index (χ3n) is 4.82. The number of hydrogen-bond acceptors (Lipinski definition) is 5. The second-order valence-corrected chi connectivity index (χ2v) is 6.92. The van der Waals surface area contributed by atoms with Crippen molar-refractivity contribution in [2.45, 2.75) is 32.4 Å². The van der Waals surface area contributed by atoms with Gasteiger partial charge in [0.1, 0.15) is 11.5 Å². The molecule has 3 aromatic rings. The van der Waals surface area contributed by atoms with E-state index in [1.807, 2.05) is 28.8 Å². The topological polar surface area (TPSA) is 85.6 Å². The molecule has 0 aliphatic carbocycles. The van der Waals surface area contributed by atoms with Gasteiger partial charge in [-0.2, -0.15) is 0 Å². The van der Waals surface area contributed by atoms with Crippen molar-refractivity contribution in [3.63, 3.8) is 0 Å².